The molecule has 0 bridgehead atoms. The highest BCUT2D eigenvalue weighted by atomic mass is 32.1. The molecule has 0 aromatic carbocycles. The Balaban J connectivity index is 1.58. The average Bonchev–Trinajstić information content (AvgIpc) is 3.02. The van der Waals surface area contributed by atoms with Crippen LogP contribution >= 0.6 is 11.3 Å². The summed E-state index contributed by atoms with van der Waals surface area (Å²) in [7, 11) is 0. The molecule has 1 aromatic heterocycles. The third kappa shape index (κ3) is 5.16. The number of rotatable bonds is 12. The van der Waals surface area contributed by atoms with Gasteiger partial charge in [-0.05, 0) is 20.3 Å². The molecule has 25 heavy (non-hydrogen) atoms. The summed E-state index contributed by atoms with van der Waals surface area (Å²) in [6, 6.07) is 0. The van der Waals surface area contributed by atoms with Crippen molar-refractivity contribution in [3.8, 4) is 0 Å². The fourth-order valence-electron chi connectivity index (χ4n) is 3.70. The molecule has 0 fully saturated rings. The van der Waals surface area contributed by atoms with Crippen molar-refractivity contribution in [2.75, 3.05) is 6.54 Å². The van der Waals surface area contributed by atoms with Gasteiger partial charge in [0.25, 0.3) is 11.8 Å². The third-order valence-electron chi connectivity index (χ3n) is 5.16. The molecule has 0 spiro atoms. The van der Waals surface area contributed by atoms with E-state index in [2.05, 4.69) is 6.92 Å². The Labute approximate surface area is 156 Å². The van der Waals surface area contributed by atoms with Crippen LogP contribution in [0.4, 0.5) is 0 Å². The molecule has 3 nitrogen and oxygen atoms in total. The molecule has 0 saturated carbocycles. The molecule has 0 aliphatic carbocycles. The summed E-state index contributed by atoms with van der Waals surface area (Å²) in [4.78, 5) is 28.4. The fourth-order valence-corrected chi connectivity index (χ4v) is 4.74. The predicted molar refractivity (Wildman–Crippen MR) is 106 cm³/mol. The van der Waals surface area contributed by atoms with E-state index < -0.39 is 0 Å². The van der Waals surface area contributed by atoms with E-state index >= 15 is 0 Å². The van der Waals surface area contributed by atoms with Crippen LogP contribution in [-0.4, -0.2) is 23.3 Å². The van der Waals surface area contributed by atoms with E-state index in [1.807, 2.05) is 13.8 Å². The van der Waals surface area contributed by atoms with Crippen LogP contribution in [-0.2, 0) is 0 Å². The number of aryl methyl sites for hydroxylation is 2. The number of thiophene rings is 1. The maximum absolute atomic E-state index is 12.5. The SMILES string of the molecule is CCCCCCCCCCCCCN1C(=O)c2c(C)sc(C)c2C1=O. The van der Waals surface area contributed by atoms with Gasteiger partial charge in [0.05, 0.1) is 11.1 Å². The van der Waals surface area contributed by atoms with Crippen LogP contribution in [0.1, 0.15) is 108 Å². The first kappa shape index (κ1) is 20.2. The molecule has 0 saturated heterocycles. The molecule has 0 N–H and O–H groups in total. The molecular weight excluding hydrogens is 330 g/mol. The van der Waals surface area contributed by atoms with Gasteiger partial charge in [-0.25, -0.2) is 0 Å². The second-order valence-corrected chi connectivity index (χ2v) is 8.69. The summed E-state index contributed by atoms with van der Waals surface area (Å²) in [6.07, 6.45) is 14.0. The standard InChI is InChI=1S/C21H33NO2S/c1-4-5-6-7-8-9-10-11-12-13-14-15-22-20(23)18-16(2)25-17(3)19(18)21(22)24/h4-15H2,1-3H3. The number of nitrogens with zero attached hydrogens (tertiary/aromatic N) is 1. The van der Waals surface area contributed by atoms with Crippen molar-refractivity contribution in [1.29, 1.82) is 0 Å². The van der Waals surface area contributed by atoms with E-state index in [-0.39, 0.29) is 11.8 Å². The first-order valence-corrected chi connectivity index (χ1v) is 10.9. The third-order valence-corrected chi connectivity index (χ3v) is 6.18. The van der Waals surface area contributed by atoms with Gasteiger partial charge in [0.2, 0.25) is 0 Å². The van der Waals surface area contributed by atoms with E-state index in [0.29, 0.717) is 17.7 Å². The summed E-state index contributed by atoms with van der Waals surface area (Å²) in [6.45, 7) is 6.71. The molecule has 140 valence electrons. The van der Waals surface area contributed by atoms with E-state index in [9.17, 15) is 9.59 Å². The largest absolute Gasteiger partial charge is 0.274 e. The minimum Gasteiger partial charge on any atom is -0.274 e. The summed E-state index contributed by atoms with van der Waals surface area (Å²) in [5.41, 5.74) is 1.33. The van der Waals surface area contributed by atoms with Crippen LogP contribution in [0.15, 0.2) is 0 Å². The minimum atomic E-state index is -0.0751. The Bertz CT molecular complexity index is 554. The lowest BCUT2D eigenvalue weighted by molar-refractivity contribution is 0.0651. The van der Waals surface area contributed by atoms with Crippen molar-refractivity contribution in [1.82, 2.24) is 4.90 Å². The van der Waals surface area contributed by atoms with E-state index in [4.69, 9.17) is 0 Å². The number of hydrogen-bond donors (Lipinski definition) is 0. The van der Waals surface area contributed by atoms with Crippen LogP contribution in [0.25, 0.3) is 0 Å². The zero-order chi connectivity index (χ0) is 18.2. The topological polar surface area (TPSA) is 37.4 Å². The van der Waals surface area contributed by atoms with Crippen molar-refractivity contribution in [2.24, 2.45) is 0 Å². The Kier molecular flexibility index (Phi) is 8.14. The lowest BCUT2D eigenvalue weighted by Gasteiger charge is -2.14. The van der Waals surface area contributed by atoms with Crippen molar-refractivity contribution in [3.05, 3.63) is 20.9 Å². The number of imide groups is 1. The molecule has 0 radical (unpaired) electrons. The van der Waals surface area contributed by atoms with Crippen LogP contribution in [0.5, 0.6) is 0 Å². The number of fused-ring (bicyclic) bond motifs is 1. The van der Waals surface area contributed by atoms with Crippen LogP contribution in [0.3, 0.4) is 0 Å². The molecular formula is C21H33NO2S. The van der Waals surface area contributed by atoms with E-state index in [1.165, 1.54) is 62.7 Å². The highest BCUT2D eigenvalue weighted by Crippen LogP contribution is 2.34. The Morgan fingerprint density at radius 3 is 1.52 bits per heavy atom. The van der Waals surface area contributed by atoms with Gasteiger partial charge in [-0.1, -0.05) is 71.1 Å². The second kappa shape index (κ2) is 10.1. The van der Waals surface area contributed by atoms with E-state index in [1.54, 1.807) is 11.3 Å². The first-order valence-electron chi connectivity index (χ1n) is 10.0. The number of carbonyl (C=O) groups excluding carboxylic acids is 2. The lowest BCUT2D eigenvalue weighted by Crippen LogP contribution is -2.31. The first-order chi connectivity index (χ1) is 12.1. The molecule has 2 heterocycles. The quantitative estimate of drug-likeness (QED) is 0.324. The smallest absolute Gasteiger partial charge is 0.262 e. The molecule has 0 unspecified atom stereocenters. The molecule has 1 aromatic rings. The van der Waals surface area contributed by atoms with Gasteiger partial charge in [-0.15, -0.1) is 11.3 Å². The van der Waals surface area contributed by atoms with Gasteiger partial charge in [-0.2, -0.15) is 0 Å². The average molecular weight is 364 g/mol. The summed E-state index contributed by atoms with van der Waals surface area (Å²) >= 11 is 1.56. The molecule has 1 aliphatic heterocycles. The number of hydrogen-bond acceptors (Lipinski definition) is 3. The summed E-state index contributed by atoms with van der Waals surface area (Å²) in [5.74, 6) is -0.150. The zero-order valence-electron chi connectivity index (χ0n) is 16.2. The maximum atomic E-state index is 12.5. The lowest BCUT2D eigenvalue weighted by atomic mass is 10.1. The molecule has 0 atom stereocenters. The van der Waals surface area contributed by atoms with Crippen molar-refractivity contribution in [2.45, 2.75) is 91.4 Å². The molecule has 4 heteroatoms. The summed E-state index contributed by atoms with van der Waals surface area (Å²) in [5, 5.41) is 0. The highest BCUT2D eigenvalue weighted by molar-refractivity contribution is 7.12. The van der Waals surface area contributed by atoms with Crippen molar-refractivity contribution in [3.63, 3.8) is 0 Å². The predicted octanol–water partition coefficient (Wildman–Crippen LogP) is 6.27. The highest BCUT2D eigenvalue weighted by Gasteiger charge is 2.39. The number of carbonyl (C=O) groups is 2. The Morgan fingerprint density at radius 1 is 0.680 bits per heavy atom. The Hall–Kier alpha value is -1.16. The maximum Gasteiger partial charge on any atom is 0.262 e. The second-order valence-electron chi connectivity index (χ2n) is 7.26. The van der Waals surface area contributed by atoms with Gasteiger partial charge < -0.3 is 0 Å². The van der Waals surface area contributed by atoms with E-state index in [0.717, 1.165) is 22.6 Å². The van der Waals surface area contributed by atoms with Crippen molar-refractivity contribution < 1.29 is 9.59 Å². The van der Waals surface area contributed by atoms with Gasteiger partial charge in [0.15, 0.2) is 0 Å². The van der Waals surface area contributed by atoms with Gasteiger partial charge in [0, 0.05) is 16.3 Å². The van der Waals surface area contributed by atoms with Gasteiger partial charge >= 0.3 is 0 Å². The normalized spacial score (nSPS) is 13.8. The monoisotopic (exact) mass is 363 g/mol. The zero-order valence-corrected chi connectivity index (χ0v) is 17.0. The van der Waals surface area contributed by atoms with Crippen molar-refractivity contribution >= 4 is 23.2 Å². The number of amides is 2. The fraction of sp³-hybridized carbons (Fsp3) is 0.714. The summed E-state index contributed by atoms with van der Waals surface area (Å²) < 4.78 is 0. The van der Waals surface area contributed by atoms with Crippen LogP contribution in [0.2, 0.25) is 0 Å². The van der Waals surface area contributed by atoms with Crippen LogP contribution < -0.4 is 0 Å². The number of unbranched alkanes of at least 4 members (excludes halogenated alkanes) is 10. The molecule has 2 amide bonds. The van der Waals surface area contributed by atoms with Crippen LogP contribution in [0, 0.1) is 13.8 Å². The molecule has 1 aliphatic rings. The van der Waals surface area contributed by atoms with Gasteiger partial charge in [-0.3, -0.25) is 14.5 Å². The van der Waals surface area contributed by atoms with Gasteiger partial charge in [0.1, 0.15) is 0 Å². The molecule has 2 rings (SSSR count). The Morgan fingerprint density at radius 2 is 1.08 bits per heavy atom. The minimum absolute atomic E-state index is 0.0751.